The molecule has 5 heteroatoms. The van der Waals surface area contributed by atoms with E-state index < -0.39 is 11.7 Å². The first-order valence-electron chi connectivity index (χ1n) is 6.05. The fourth-order valence-electron chi connectivity index (χ4n) is 2.18. The van der Waals surface area contributed by atoms with Gasteiger partial charge in [0.1, 0.15) is 5.82 Å². The van der Waals surface area contributed by atoms with Crippen molar-refractivity contribution >= 4 is 17.5 Å². The lowest BCUT2D eigenvalue weighted by molar-refractivity contribution is 0.0910. The Balaban J connectivity index is 2.12. The normalized spacial score (nSPS) is 23.7. The molecule has 1 aliphatic heterocycles. The van der Waals surface area contributed by atoms with Crippen molar-refractivity contribution in [3.05, 3.63) is 34.6 Å². The fourth-order valence-corrected chi connectivity index (χ4v) is 2.43. The number of carbonyl (C=O) groups is 1. The van der Waals surface area contributed by atoms with Crippen molar-refractivity contribution in [2.24, 2.45) is 5.92 Å². The molecule has 1 heterocycles. The maximum absolute atomic E-state index is 13.6. The van der Waals surface area contributed by atoms with Crippen LogP contribution >= 0.6 is 11.6 Å². The third kappa shape index (κ3) is 2.82. The molecule has 2 N–H and O–H groups in total. The number of benzene rings is 1. The van der Waals surface area contributed by atoms with Crippen molar-refractivity contribution in [2.75, 3.05) is 13.1 Å². The van der Waals surface area contributed by atoms with Gasteiger partial charge in [0.15, 0.2) is 0 Å². The molecule has 0 radical (unpaired) electrons. The van der Waals surface area contributed by atoms with Crippen molar-refractivity contribution in [1.82, 2.24) is 10.6 Å². The molecule has 2 unspecified atom stereocenters. The van der Waals surface area contributed by atoms with Crippen molar-refractivity contribution in [3.8, 4) is 0 Å². The molecular formula is C13H16ClFN2O. The molecule has 0 spiro atoms. The molecule has 2 atom stereocenters. The van der Waals surface area contributed by atoms with E-state index in [0.29, 0.717) is 5.92 Å². The molecule has 3 nitrogen and oxygen atoms in total. The summed E-state index contributed by atoms with van der Waals surface area (Å²) in [6.07, 6.45) is 0.846. The summed E-state index contributed by atoms with van der Waals surface area (Å²) in [6.45, 7) is 3.77. The minimum atomic E-state index is -0.582. The molecule has 1 aromatic carbocycles. The zero-order valence-corrected chi connectivity index (χ0v) is 10.9. The van der Waals surface area contributed by atoms with Crippen LogP contribution in [0.1, 0.15) is 23.7 Å². The lowest BCUT2D eigenvalue weighted by atomic mass is 9.95. The van der Waals surface area contributed by atoms with Crippen LogP contribution in [0.5, 0.6) is 0 Å². The Labute approximate surface area is 111 Å². The lowest BCUT2D eigenvalue weighted by Crippen LogP contribution is -2.48. The van der Waals surface area contributed by atoms with Gasteiger partial charge in [0.25, 0.3) is 5.91 Å². The van der Waals surface area contributed by atoms with E-state index >= 15 is 0 Å². The summed E-state index contributed by atoms with van der Waals surface area (Å²) in [5, 5.41) is 6.26. The first-order valence-corrected chi connectivity index (χ1v) is 6.43. The average molecular weight is 271 g/mol. The van der Waals surface area contributed by atoms with Crippen LogP contribution in [-0.4, -0.2) is 25.0 Å². The molecule has 1 saturated heterocycles. The maximum Gasteiger partial charge on any atom is 0.256 e. The molecule has 2 rings (SSSR count). The lowest BCUT2D eigenvalue weighted by Gasteiger charge is -2.30. The monoisotopic (exact) mass is 270 g/mol. The Morgan fingerprint density at radius 3 is 3.00 bits per heavy atom. The number of halogens is 2. The molecule has 1 aliphatic rings. The number of nitrogens with one attached hydrogen (secondary N) is 2. The summed E-state index contributed by atoms with van der Waals surface area (Å²) in [6, 6.07) is 4.31. The number of hydrogen-bond acceptors (Lipinski definition) is 2. The largest absolute Gasteiger partial charge is 0.349 e. The second-order valence-electron chi connectivity index (χ2n) is 4.65. The van der Waals surface area contributed by atoms with Gasteiger partial charge in [-0.15, -0.1) is 0 Å². The van der Waals surface area contributed by atoms with Gasteiger partial charge in [-0.1, -0.05) is 24.6 Å². The Hall–Kier alpha value is -1.13. The van der Waals surface area contributed by atoms with Gasteiger partial charge in [-0.2, -0.15) is 0 Å². The average Bonchev–Trinajstić information content (AvgIpc) is 2.32. The van der Waals surface area contributed by atoms with Crippen molar-refractivity contribution in [1.29, 1.82) is 0 Å². The summed E-state index contributed by atoms with van der Waals surface area (Å²) in [7, 11) is 0. The topological polar surface area (TPSA) is 41.1 Å². The number of carbonyl (C=O) groups excluding carboxylic acids is 1. The van der Waals surface area contributed by atoms with E-state index in [-0.39, 0.29) is 16.6 Å². The summed E-state index contributed by atoms with van der Waals surface area (Å²) in [5.74, 6) is -0.688. The van der Waals surface area contributed by atoms with Gasteiger partial charge in [-0.3, -0.25) is 4.79 Å². The van der Waals surface area contributed by atoms with E-state index in [9.17, 15) is 9.18 Å². The Kier molecular flexibility index (Phi) is 4.19. The zero-order chi connectivity index (χ0) is 13.1. The highest BCUT2D eigenvalue weighted by Gasteiger charge is 2.25. The molecule has 0 aromatic heterocycles. The van der Waals surface area contributed by atoms with Gasteiger partial charge in [-0.25, -0.2) is 4.39 Å². The van der Waals surface area contributed by atoms with E-state index in [1.165, 1.54) is 18.2 Å². The predicted octanol–water partition coefficient (Wildman–Crippen LogP) is 2.21. The minimum Gasteiger partial charge on any atom is -0.349 e. The van der Waals surface area contributed by atoms with Crippen LogP contribution in [0, 0.1) is 11.7 Å². The predicted molar refractivity (Wildman–Crippen MR) is 69.3 cm³/mol. The highest BCUT2D eigenvalue weighted by Crippen LogP contribution is 2.20. The van der Waals surface area contributed by atoms with Crippen LogP contribution in [0.2, 0.25) is 5.02 Å². The molecule has 0 aliphatic carbocycles. The van der Waals surface area contributed by atoms with E-state index in [0.717, 1.165) is 19.5 Å². The molecule has 0 saturated carbocycles. The smallest absolute Gasteiger partial charge is 0.256 e. The zero-order valence-electron chi connectivity index (χ0n) is 10.2. The van der Waals surface area contributed by atoms with Gasteiger partial charge in [0, 0.05) is 6.04 Å². The van der Waals surface area contributed by atoms with E-state index in [1.807, 2.05) is 0 Å². The summed E-state index contributed by atoms with van der Waals surface area (Å²) < 4.78 is 13.6. The highest BCUT2D eigenvalue weighted by atomic mass is 35.5. The Morgan fingerprint density at radius 1 is 1.56 bits per heavy atom. The minimum absolute atomic E-state index is 0.0643. The quantitative estimate of drug-likeness (QED) is 0.865. The molecule has 1 aromatic rings. The number of hydrogen-bond donors (Lipinski definition) is 2. The first kappa shape index (κ1) is 13.3. The van der Waals surface area contributed by atoms with Crippen LogP contribution in [0.25, 0.3) is 0 Å². The third-order valence-corrected chi connectivity index (χ3v) is 3.61. The first-order chi connectivity index (χ1) is 8.59. The van der Waals surface area contributed by atoms with Gasteiger partial charge in [0.2, 0.25) is 0 Å². The number of rotatable bonds is 2. The number of piperidine rings is 1. The van der Waals surface area contributed by atoms with E-state index in [4.69, 9.17) is 11.6 Å². The van der Waals surface area contributed by atoms with Gasteiger partial charge in [0.05, 0.1) is 10.6 Å². The summed E-state index contributed by atoms with van der Waals surface area (Å²) >= 11 is 5.87. The van der Waals surface area contributed by atoms with Crippen molar-refractivity contribution < 1.29 is 9.18 Å². The van der Waals surface area contributed by atoms with Crippen LogP contribution in [0.3, 0.4) is 0 Å². The van der Waals surface area contributed by atoms with E-state index in [1.54, 1.807) is 0 Å². The highest BCUT2D eigenvalue weighted by molar-refractivity contribution is 6.33. The summed E-state index contributed by atoms with van der Waals surface area (Å²) in [5.41, 5.74) is -0.0649. The maximum atomic E-state index is 13.6. The van der Waals surface area contributed by atoms with Gasteiger partial charge >= 0.3 is 0 Å². The van der Waals surface area contributed by atoms with Crippen LogP contribution < -0.4 is 10.6 Å². The van der Waals surface area contributed by atoms with E-state index in [2.05, 4.69) is 17.6 Å². The number of amides is 1. The van der Waals surface area contributed by atoms with Crippen molar-refractivity contribution in [3.63, 3.8) is 0 Å². The standard InChI is InChI=1S/C13H16ClFN2O/c1-8-7-16-6-5-11(8)17-13(18)12-9(14)3-2-4-10(12)15/h2-4,8,11,16H,5-7H2,1H3,(H,17,18). The second-order valence-corrected chi connectivity index (χ2v) is 5.05. The fraction of sp³-hybridized carbons (Fsp3) is 0.462. The van der Waals surface area contributed by atoms with Gasteiger partial charge < -0.3 is 10.6 Å². The SMILES string of the molecule is CC1CNCCC1NC(=O)c1c(F)cccc1Cl. The van der Waals surface area contributed by atoms with Gasteiger partial charge in [-0.05, 0) is 37.6 Å². The van der Waals surface area contributed by atoms with Crippen LogP contribution in [0.4, 0.5) is 4.39 Å². The molecule has 1 amide bonds. The molecule has 0 bridgehead atoms. The molecule has 1 fully saturated rings. The van der Waals surface area contributed by atoms with Crippen molar-refractivity contribution in [2.45, 2.75) is 19.4 Å². The van der Waals surface area contributed by atoms with Crippen LogP contribution in [0.15, 0.2) is 18.2 Å². The summed E-state index contributed by atoms with van der Waals surface area (Å²) in [4.78, 5) is 12.0. The molecule has 98 valence electrons. The Bertz CT molecular complexity index is 432. The second kappa shape index (κ2) is 5.67. The molecular weight excluding hydrogens is 255 g/mol. The third-order valence-electron chi connectivity index (χ3n) is 3.29. The van der Waals surface area contributed by atoms with Crippen LogP contribution in [-0.2, 0) is 0 Å². The Morgan fingerprint density at radius 2 is 2.33 bits per heavy atom. The molecule has 18 heavy (non-hydrogen) atoms.